The van der Waals surface area contributed by atoms with Crippen LogP contribution in [-0.2, 0) is 4.79 Å². The van der Waals surface area contributed by atoms with Crippen molar-refractivity contribution in [3.63, 3.8) is 0 Å². The zero-order valence-electron chi connectivity index (χ0n) is 8.22. The van der Waals surface area contributed by atoms with Gasteiger partial charge in [-0.2, -0.15) is 0 Å². The minimum Gasteiger partial charge on any atom is -0.478 e. The van der Waals surface area contributed by atoms with Crippen LogP contribution >= 0.6 is 0 Å². The molecule has 0 fully saturated rings. The largest absolute Gasteiger partial charge is 0.478 e. The molecule has 0 aromatic heterocycles. The summed E-state index contributed by atoms with van der Waals surface area (Å²) in [4.78, 5) is 10.1. The summed E-state index contributed by atoms with van der Waals surface area (Å²) in [5, 5.41) is 26.0. The van der Waals surface area contributed by atoms with E-state index < -0.39 is 12.1 Å². The van der Waals surface area contributed by atoms with E-state index in [0.29, 0.717) is 6.42 Å². The quantitative estimate of drug-likeness (QED) is 0.404. The van der Waals surface area contributed by atoms with Gasteiger partial charge in [0.2, 0.25) is 0 Å². The summed E-state index contributed by atoms with van der Waals surface area (Å²) in [5.74, 6) is -1.04. The molecule has 0 aliphatic heterocycles. The smallest absolute Gasteiger partial charge is 0.328 e. The van der Waals surface area contributed by atoms with Crippen molar-refractivity contribution in [1.82, 2.24) is 0 Å². The highest BCUT2D eigenvalue weighted by Gasteiger charge is 1.99. The van der Waals surface area contributed by atoms with Gasteiger partial charge in [-0.15, -0.1) is 0 Å². The summed E-state index contributed by atoms with van der Waals surface area (Å²) < 4.78 is 0. The topological polar surface area (TPSA) is 77.8 Å². The van der Waals surface area contributed by atoms with Crippen LogP contribution in [0.25, 0.3) is 0 Å². The van der Waals surface area contributed by atoms with Crippen molar-refractivity contribution in [1.29, 1.82) is 0 Å². The lowest BCUT2D eigenvalue weighted by Gasteiger charge is -2.04. The Balaban J connectivity index is 3.35. The van der Waals surface area contributed by atoms with Gasteiger partial charge in [-0.05, 0) is 18.9 Å². The van der Waals surface area contributed by atoms with Crippen molar-refractivity contribution in [3.05, 3.63) is 12.2 Å². The molecule has 0 amide bonds. The van der Waals surface area contributed by atoms with Gasteiger partial charge in [0.15, 0.2) is 0 Å². The Morgan fingerprint density at radius 2 is 1.86 bits per heavy atom. The van der Waals surface area contributed by atoms with Gasteiger partial charge in [-0.25, -0.2) is 4.79 Å². The van der Waals surface area contributed by atoms with E-state index in [2.05, 4.69) is 0 Å². The Hall–Kier alpha value is -0.870. The maximum atomic E-state index is 10.1. The molecule has 0 heterocycles. The highest BCUT2D eigenvalue weighted by Crippen LogP contribution is 2.06. The second-order valence-corrected chi connectivity index (χ2v) is 3.19. The molecular formula is C10H18O4. The third-order valence-corrected chi connectivity index (χ3v) is 1.87. The monoisotopic (exact) mass is 202 g/mol. The second-order valence-electron chi connectivity index (χ2n) is 3.19. The first-order valence-corrected chi connectivity index (χ1v) is 4.87. The van der Waals surface area contributed by atoms with E-state index in [0.717, 1.165) is 31.8 Å². The molecule has 0 unspecified atom stereocenters. The Kier molecular flexibility index (Phi) is 8.17. The molecule has 0 rings (SSSR count). The summed E-state index contributed by atoms with van der Waals surface area (Å²) >= 11 is 0. The second kappa shape index (κ2) is 8.72. The highest BCUT2D eigenvalue weighted by atomic mass is 16.4. The summed E-state index contributed by atoms with van der Waals surface area (Å²) in [6.07, 6.45) is 5.71. The zero-order valence-corrected chi connectivity index (χ0v) is 8.22. The number of unbranched alkanes of at least 4 members (excludes halogenated alkanes) is 3. The number of carboxylic acid groups (broad SMARTS) is 1. The molecule has 4 nitrogen and oxygen atoms in total. The number of aliphatic carboxylic acids is 1. The molecule has 1 atom stereocenters. The normalized spacial score (nSPS) is 13.3. The number of hydrogen-bond donors (Lipinski definition) is 3. The molecule has 0 radical (unpaired) electrons. The third kappa shape index (κ3) is 9.22. The first kappa shape index (κ1) is 13.1. The predicted molar refractivity (Wildman–Crippen MR) is 53.0 cm³/mol. The average Bonchev–Trinajstić information content (AvgIpc) is 2.14. The van der Waals surface area contributed by atoms with Gasteiger partial charge in [-0.3, -0.25) is 0 Å². The van der Waals surface area contributed by atoms with Gasteiger partial charge in [0.25, 0.3) is 0 Å². The molecule has 0 spiro atoms. The molecule has 0 saturated carbocycles. The molecule has 0 aliphatic rings. The molecule has 0 saturated heterocycles. The molecule has 0 aromatic rings. The maximum absolute atomic E-state index is 10.1. The Labute approximate surface area is 83.9 Å². The first-order valence-electron chi connectivity index (χ1n) is 4.87. The number of carboxylic acids is 1. The van der Waals surface area contributed by atoms with Crippen LogP contribution in [-0.4, -0.2) is 34.0 Å². The summed E-state index contributed by atoms with van der Waals surface area (Å²) in [5.41, 5.74) is 0. The molecule has 0 bridgehead atoms. The number of aliphatic hydroxyl groups excluding tert-OH is 2. The van der Waals surface area contributed by atoms with Crippen LogP contribution < -0.4 is 0 Å². The Bertz CT molecular complexity index is 177. The molecule has 14 heavy (non-hydrogen) atoms. The van der Waals surface area contributed by atoms with Crippen LogP contribution in [0.15, 0.2) is 12.2 Å². The van der Waals surface area contributed by atoms with E-state index in [9.17, 15) is 9.90 Å². The van der Waals surface area contributed by atoms with E-state index in [1.54, 1.807) is 0 Å². The molecular weight excluding hydrogens is 184 g/mol. The highest BCUT2D eigenvalue weighted by molar-refractivity contribution is 5.79. The Morgan fingerprint density at radius 1 is 1.21 bits per heavy atom. The lowest BCUT2D eigenvalue weighted by molar-refractivity contribution is -0.131. The zero-order chi connectivity index (χ0) is 10.8. The number of carbonyl (C=O) groups is 1. The summed E-state index contributed by atoms with van der Waals surface area (Å²) in [7, 11) is 0. The van der Waals surface area contributed by atoms with Crippen LogP contribution in [0.1, 0.15) is 32.1 Å². The van der Waals surface area contributed by atoms with Crippen LogP contribution in [0.4, 0.5) is 0 Å². The lowest BCUT2D eigenvalue weighted by atomic mass is 10.1. The van der Waals surface area contributed by atoms with E-state index in [1.807, 2.05) is 0 Å². The van der Waals surface area contributed by atoms with Gasteiger partial charge in [0.05, 0.1) is 6.10 Å². The lowest BCUT2D eigenvalue weighted by Crippen LogP contribution is -2.03. The SMILES string of the molecule is O=C(O)C=C[C@H](O)CCCCCCO. The fraction of sp³-hybridized carbons (Fsp3) is 0.700. The van der Waals surface area contributed by atoms with E-state index in [4.69, 9.17) is 10.2 Å². The van der Waals surface area contributed by atoms with Gasteiger partial charge >= 0.3 is 5.97 Å². The van der Waals surface area contributed by atoms with Gasteiger partial charge in [0, 0.05) is 12.7 Å². The van der Waals surface area contributed by atoms with Crippen molar-refractivity contribution in [3.8, 4) is 0 Å². The summed E-state index contributed by atoms with van der Waals surface area (Å²) in [6.45, 7) is 0.210. The Morgan fingerprint density at radius 3 is 2.43 bits per heavy atom. The minimum atomic E-state index is -1.04. The van der Waals surface area contributed by atoms with Gasteiger partial charge in [-0.1, -0.05) is 19.3 Å². The standard InChI is InChI=1S/C10H18O4/c11-8-4-2-1-3-5-9(12)6-7-10(13)14/h6-7,9,11-12H,1-5,8H2,(H,13,14)/t9-/m1/s1. The fourth-order valence-corrected chi connectivity index (χ4v) is 1.11. The van der Waals surface area contributed by atoms with E-state index in [-0.39, 0.29) is 6.61 Å². The van der Waals surface area contributed by atoms with Crippen LogP contribution in [0.2, 0.25) is 0 Å². The third-order valence-electron chi connectivity index (χ3n) is 1.87. The molecule has 0 aromatic carbocycles. The van der Waals surface area contributed by atoms with Crippen molar-refractivity contribution in [2.45, 2.75) is 38.2 Å². The van der Waals surface area contributed by atoms with Gasteiger partial charge in [0.1, 0.15) is 0 Å². The average molecular weight is 202 g/mol. The number of hydrogen-bond acceptors (Lipinski definition) is 3. The van der Waals surface area contributed by atoms with Crippen LogP contribution in [0.3, 0.4) is 0 Å². The van der Waals surface area contributed by atoms with Crippen LogP contribution in [0, 0.1) is 0 Å². The number of aliphatic hydroxyl groups is 2. The molecule has 82 valence electrons. The van der Waals surface area contributed by atoms with Crippen molar-refractivity contribution in [2.75, 3.05) is 6.61 Å². The van der Waals surface area contributed by atoms with Crippen molar-refractivity contribution < 1.29 is 20.1 Å². The molecule has 0 aliphatic carbocycles. The van der Waals surface area contributed by atoms with Crippen molar-refractivity contribution in [2.24, 2.45) is 0 Å². The minimum absolute atomic E-state index is 0.210. The predicted octanol–water partition coefficient (Wildman–Crippen LogP) is 0.931. The number of rotatable bonds is 8. The molecule has 3 N–H and O–H groups in total. The fourth-order valence-electron chi connectivity index (χ4n) is 1.11. The van der Waals surface area contributed by atoms with E-state index in [1.165, 1.54) is 6.08 Å². The van der Waals surface area contributed by atoms with Crippen LogP contribution in [0.5, 0.6) is 0 Å². The first-order chi connectivity index (χ1) is 6.66. The van der Waals surface area contributed by atoms with Gasteiger partial charge < -0.3 is 15.3 Å². The summed E-state index contributed by atoms with van der Waals surface area (Å²) in [6, 6.07) is 0. The maximum Gasteiger partial charge on any atom is 0.328 e. The molecule has 4 heteroatoms. The van der Waals surface area contributed by atoms with E-state index >= 15 is 0 Å². The van der Waals surface area contributed by atoms with Crippen molar-refractivity contribution >= 4 is 5.97 Å².